The van der Waals surface area contributed by atoms with E-state index in [2.05, 4.69) is 27.3 Å². The van der Waals surface area contributed by atoms with Crippen LogP contribution < -0.4 is 5.32 Å². The van der Waals surface area contributed by atoms with Crippen LogP contribution in [0.1, 0.15) is 23.1 Å². The lowest BCUT2D eigenvalue weighted by atomic mass is 10.1. The highest BCUT2D eigenvalue weighted by atomic mass is 19.4. The predicted octanol–water partition coefficient (Wildman–Crippen LogP) is 4.38. The molecule has 0 radical (unpaired) electrons. The van der Waals surface area contributed by atoms with Crippen molar-refractivity contribution < 1.29 is 22.6 Å². The Labute approximate surface area is 187 Å². The van der Waals surface area contributed by atoms with Gasteiger partial charge in [-0.3, -0.25) is 4.99 Å². The summed E-state index contributed by atoms with van der Waals surface area (Å²) in [6.45, 7) is 2.33. The summed E-state index contributed by atoms with van der Waals surface area (Å²) in [5.74, 6) is 1.26. The fourth-order valence-electron chi connectivity index (χ4n) is 3.71. The van der Waals surface area contributed by atoms with E-state index in [0.29, 0.717) is 31.2 Å². The number of rotatable bonds is 9. The first-order valence-corrected chi connectivity index (χ1v) is 10.7. The third-order valence-electron chi connectivity index (χ3n) is 5.24. The van der Waals surface area contributed by atoms with Crippen LogP contribution in [0, 0.1) is 5.92 Å². The molecule has 1 fully saturated rings. The van der Waals surface area contributed by atoms with Crippen LogP contribution in [0.15, 0.2) is 59.6 Å². The summed E-state index contributed by atoms with van der Waals surface area (Å²) >= 11 is 0. The molecule has 0 spiro atoms. The molecule has 0 bridgehead atoms. The van der Waals surface area contributed by atoms with Gasteiger partial charge in [0.2, 0.25) is 0 Å². The average molecular weight is 450 g/mol. The predicted molar refractivity (Wildman–Crippen MR) is 118 cm³/mol. The van der Waals surface area contributed by atoms with E-state index in [0.717, 1.165) is 31.0 Å². The van der Waals surface area contributed by atoms with Crippen LogP contribution in [0.5, 0.6) is 0 Å². The van der Waals surface area contributed by atoms with Crippen molar-refractivity contribution in [1.82, 2.24) is 10.2 Å². The molecular weight excluding hydrogens is 419 g/mol. The van der Waals surface area contributed by atoms with Gasteiger partial charge in [-0.05, 0) is 23.1 Å². The van der Waals surface area contributed by atoms with Crippen molar-refractivity contribution in [2.24, 2.45) is 10.9 Å². The van der Waals surface area contributed by atoms with Gasteiger partial charge in [0.05, 0.1) is 19.8 Å². The van der Waals surface area contributed by atoms with E-state index in [9.17, 15) is 13.2 Å². The van der Waals surface area contributed by atoms with E-state index in [-0.39, 0.29) is 6.61 Å². The fraction of sp³-hybridized carbons (Fsp3) is 0.458. The molecule has 174 valence electrons. The van der Waals surface area contributed by atoms with Crippen LogP contribution in [-0.2, 0) is 29.2 Å². The Morgan fingerprint density at radius 3 is 2.50 bits per heavy atom. The number of ether oxygens (including phenoxy) is 2. The topological polar surface area (TPSA) is 46.1 Å². The lowest BCUT2D eigenvalue weighted by Crippen LogP contribution is -2.39. The summed E-state index contributed by atoms with van der Waals surface area (Å²) in [4.78, 5) is 6.60. The van der Waals surface area contributed by atoms with Crippen LogP contribution in [0.2, 0.25) is 0 Å². The largest absolute Gasteiger partial charge is 0.411 e. The van der Waals surface area contributed by atoms with Crippen molar-refractivity contribution in [3.05, 3.63) is 71.3 Å². The lowest BCUT2D eigenvalue weighted by molar-refractivity contribution is -0.176. The minimum Gasteiger partial charge on any atom is -0.376 e. The summed E-state index contributed by atoms with van der Waals surface area (Å²) in [7, 11) is 1.75. The first-order chi connectivity index (χ1) is 15.4. The Morgan fingerprint density at radius 2 is 1.75 bits per heavy atom. The van der Waals surface area contributed by atoms with Crippen molar-refractivity contribution in [1.29, 1.82) is 0 Å². The Kier molecular flexibility index (Phi) is 8.93. The van der Waals surface area contributed by atoms with E-state index in [4.69, 9.17) is 9.47 Å². The van der Waals surface area contributed by atoms with Crippen molar-refractivity contribution in [3.63, 3.8) is 0 Å². The van der Waals surface area contributed by atoms with Crippen LogP contribution in [-0.4, -0.2) is 50.4 Å². The Bertz CT molecular complexity index is 859. The van der Waals surface area contributed by atoms with E-state index in [1.165, 1.54) is 5.56 Å². The van der Waals surface area contributed by atoms with E-state index >= 15 is 0 Å². The highest BCUT2D eigenvalue weighted by Crippen LogP contribution is 2.18. The summed E-state index contributed by atoms with van der Waals surface area (Å²) in [5, 5.41) is 3.35. The summed E-state index contributed by atoms with van der Waals surface area (Å²) in [6, 6.07) is 17.5. The lowest BCUT2D eigenvalue weighted by Gasteiger charge is -2.22. The van der Waals surface area contributed by atoms with E-state index in [1.807, 2.05) is 36.4 Å². The maximum absolute atomic E-state index is 12.2. The molecule has 32 heavy (non-hydrogen) atoms. The molecule has 1 heterocycles. The molecule has 2 aromatic rings. The number of hydrogen-bond acceptors (Lipinski definition) is 3. The number of nitrogens with one attached hydrogen (secondary N) is 1. The highest BCUT2D eigenvalue weighted by Gasteiger charge is 2.27. The van der Waals surface area contributed by atoms with E-state index in [1.54, 1.807) is 13.1 Å². The molecule has 1 unspecified atom stereocenters. The SMILES string of the molecule is CN=C(NCc1cccc(COCC(F)(F)F)c1)N1CCC(COCc2ccccc2)C1. The molecular formula is C24H30F3N3O2. The quantitative estimate of drug-likeness (QED) is 0.456. The van der Waals surface area contributed by atoms with Crippen molar-refractivity contribution in [2.45, 2.75) is 32.4 Å². The molecule has 0 saturated carbocycles. The maximum atomic E-state index is 12.2. The molecule has 8 heteroatoms. The third-order valence-corrected chi connectivity index (χ3v) is 5.24. The van der Waals surface area contributed by atoms with E-state index < -0.39 is 12.8 Å². The summed E-state index contributed by atoms with van der Waals surface area (Å²) < 4.78 is 47.4. The summed E-state index contributed by atoms with van der Waals surface area (Å²) in [5.41, 5.74) is 2.84. The van der Waals surface area contributed by atoms with Gasteiger partial charge in [-0.1, -0.05) is 54.6 Å². The molecule has 0 aliphatic carbocycles. The number of likely N-dealkylation sites (tertiary alicyclic amines) is 1. The van der Waals surface area contributed by atoms with Gasteiger partial charge < -0.3 is 19.7 Å². The molecule has 1 atom stereocenters. The van der Waals surface area contributed by atoms with Gasteiger partial charge in [0.15, 0.2) is 5.96 Å². The first-order valence-electron chi connectivity index (χ1n) is 10.7. The molecule has 0 aromatic heterocycles. The highest BCUT2D eigenvalue weighted by molar-refractivity contribution is 5.80. The van der Waals surface area contributed by atoms with Gasteiger partial charge in [0.1, 0.15) is 6.61 Å². The molecule has 5 nitrogen and oxygen atoms in total. The second-order valence-corrected chi connectivity index (χ2v) is 7.93. The minimum atomic E-state index is -4.31. The van der Waals surface area contributed by atoms with Crippen LogP contribution in [0.3, 0.4) is 0 Å². The Balaban J connectivity index is 1.41. The van der Waals surface area contributed by atoms with Gasteiger partial charge in [-0.2, -0.15) is 13.2 Å². The van der Waals surface area contributed by atoms with Crippen LogP contribution >= 0.6 is 0 Å². The standard InChI is InChI=1S/C24H30F3N3O2/c1-28-23(29-13-20-8-5-9-21(12-20)16-32-18-24(25,26)27)30-11-10-22(14-30)17-31-15-19-6-3-2-4-7-19/h2-9,12,22H,10-11,13-18H2,1H3,(H,28,29). The van der Waals surface area contributed by atoms with Crippen LogP contribution in [0.25, 0.3) is 0 Å². The molecule has 1 aliphatic heterocycles. The average Bonchev–Trinajstić information content (AvgIpc) is 3.23. The smallest absolute Gasteiger partial charge is 0.376 e. The monoisotopic (exact) mass is 449 g/mol. The normalized spacial score (nSPS) is 17.1. The van der Waals surface area contributed by atoms with Gasteiger partial charge in [-0.25, -0.2) is 0 Å². The number of alkyl halides is 3. The Morgan fingerprint density at radius 1 is 1.03 bits per heavy atom. The second-order valence-electron chi connectivity index (χ2n) is 7.93. The first kappa shape index (κ1) is 24.1. The third kappa shape index (κ3) is 8.16. The number of guanidine groups is 1. The number of aliphatic imine (C=N–C) groups is 1. The molecule has 1 N–H and O–H groups in total. The zero-order chi connectivity index (χ0) is 22.8. The fourth-order valence-corrected chi connectivity index (χ4v) is 3.71. The molecule has 3 rings (SSSR count). The second kappa shape index (κ2) is 11.9. The van der Waals surface area contributed by atoms with Crippen molar-refractivity contribution in [3.8, 4) is 0 Å². The molecule has 2 aromatic carbocycles. The maximum Gasteiger partial charge on any atom is 0.411 e. The number of nitrogens with zero attached hydrogens (tertiary/aromatic N) is 2. The van der Waals surface area contributed by atoms with Gasteiger partial charge in [0, 0.05) is 32.6 Å². The summed E-state index contributed by atoms with van der Waals surface area (Å²) in [6.07, 6.45) is -3.27. The van der Waals surface area contributed by atoms with Gasteiger partial charge >= 0.3 is 6.18 Å². The zero-order valence-electron chi connectivity index (χ0n) is 18.3. The number of halogens is 3. The number of hydrogen-bond donors (Lipinski definition) is 1. The zero-order valence-corrected chi connectivity index (χ0v) is 18.3. The van der Waals surface area contributed by atoms with Gasteiger partial charge in [-0.15, -0.1) is 0 Å². The molecule has 1 saturated heterocycles. The molecule has 0 amide bonds. The van der Waals surface area contributed by atoms with Crippen LogP contribution in [0.4, 0.5) is 13.2 Å². The van der Waals surface area contributed by atoms with Gasteiger partial charge in [0.25, 0.3) is 0 Å². The minimum absolute atomic E-state index is 0.0706. The van der Waals surface area contributed by atoms with Crippen molar-refractivity contribution in [2.75, 3.05) is 33.4 Å². The molecule has 1 aliphatic rings. The number of benzene rings is 2. The Hall–Kier alpha value is -2.58. The van der Waals surface area contributed by atoms with Crippen molar-refractivity contribution >= 4 is 5.96 Å².